The number of ether oxygens (including phenoxy) is 3. The van der Waals surface area contributed by atoms with Gasteiger partial charge < -0.3 is 24.6 Å². The summed E-state index contributed by atoms with van der Waals surface area (Å²) in [4.78, 5) is 16.0. The summed E-state index contributed by atoms with van der Waals surface area (Å²) in [5, 5.41) is 12.7. The molecule has 0 bridgehead atoms. The number of fused-ring (bicyclic) bond motifs is 1. The molecule has 2 aliphatic rings. The predicted octanol–water partition coefficient (Wildman–Crippen LogP) is 2.64. The molecule has 0 unspecified atom stereocenters. The summed E-state index contributed by atoms with van der Waals surface area (Å²) in [6.07, 6.45) is 6.22. The molecule has 7 nitrogen and oxygen atoms in total. The first-order valence-corrected chi connectivity index (χ1v) is 8.69. The van der Waals surface area contributed by atoms with Crippen LogP contribution in [0.25, 0.3) is 0 Å². The molecule has 0 radical (unpaired) electrons. The highest BCUT2D eigenvalue weighted by Crippen LogP contribution is 2.36. The maximum atomic E-state index is 12.3. The van der Waals surface area contributed by atoms with Crippen LogP contribution in [0, 0.1) is 0 Å². The topological polar surface area (TPSA) is 89.9 Å². The molecule has 2 N–H and O–H groups in total. The Bertz CT molecular complexity index is 802. The number of rotatable bonds is 4. The fourth-order valence-corrected chi connectivity index (χ4v) is 3.31. The molecule has 2 heterocycles. The standard InChI is InChI=1S/C19H20N2O5/c22-16-10-20-8-7-15(16)19(23)21-12-1-3-13(4-2-12)26-14-5-6-17-18(9-14)25-11-24-17/h5-10,12-13,22H,1-4,11H2,(H,21,23). The van der Waals surface area contributed by atoms with Crippen molar-refractivity contribution in [3.63, 3.8) is 0 Å². The van der Waals surface area contributed by atoms with Crippen LogP contribution >= 0.6 is 0 Å². The molecule has 4 rings (SSSR count). The first kappa shape index (κ1) is 16.5. The summed E-state index contributed by atoms with van der Waals surface area (Å²) in [6.45, 7) is 0.247. The van der Waals surface area contributed by atoms with Gasteiger partial charge in [-0.15, -0.1) is 0 Å². The first-order valence-electron chi connectivity index (χ1n) is 8.69. The first-order chi connectivity index (χ1) is 12.7. The van der Waals surface area contributed by atoms with Gasteiger partial charge in [0.2, 0.25) is 6.79 Å². The molecule has 136 valence electrons. The lowest BCUT2D eigenvalue weighted by atomic mass is 9.92. The maximum absolute atomic E-state index is 12.3. The molecule has 1 saturated carbocycles. The van der Waals surface area contributed by atoms with E-state index in [4.69, 9.17) is 14.2 Å². The molecule has 1 amide bonds. The molecule has 1 aromatic carbocycles. The van der Waals surface area contributed by atoms with E-state index >= 15 is 0 Å². The van der Waals surface area contributed by atoms with E-state index < -0.39 is 0 Å². The summed E-state index contributed by atoms with van der Waals surface area (Å²) < 4.78 is 16.7. The van der Waals surface area contributed by atoms with Gasteiger partial charge in [-0.05, 0) is 43.9 Å². The van der Waals surface area contributed by atoms with Crippen LogP contribution in [0.5, 0.6) is 23.0 Å². The Balaban J connectivity index is 1.29. The Morgan fingerprint density at radius 1 is 1.15 bits per heavy atom. The largest absolute Gasteiger partial charge is 0.505 e. The fraction of sp³-hybridized carbons (Fsp3) is 0.368. The average molecular weight is 356 g/mol. The van der Waals surface area contributed by atoms with Crippen molar-refractivity contribution >= 4 is 5.91 Å². The highest BCUT2D eigenvalue weighted by molar-refractivity contribution is 5.96. The number of benzene rings is 1. The van der Waals surface area contributed by atoms with Crippen molar-refractivity contribution in [2.24, 2.45) is 0 Å². The number of nitrogens with one attached hydrogen (secondary N) is 1. The highest BCUT2D eigenvalue weighted by Gasteiger charge is 2.25. The van der Waals surface area contributed by atoms with E-state index in [2.05, 4.69) is 10.3 Å². The van der Waals surface area contributed by atoms with Crippen molar-refractivity contribution in [2.45, 2.75) is 37.8 Å². The lowest BCUT2D eigenvalue weighted by molar-refractivity contribution is 0.0891. The minimum Gasteiger partial charge on any atom is -0.505 e. The van der Waals surface area contributed by atoms with Gasteiger partial charge in [-0.1, -0.05) is 0 Å². The van der Waals surface area contributed by atoms with Crippen molar-refractivity contribution in [1.29, 1.82) is 0 Å². The summed E-state index contributed by atoms with van der Waals surface area (Å²) >= 11 is 0. The minimum atomic E-state index is -0.273. The van der Waals surface area contributed by atoms with E-state index in [0.717, 1.165) is 37.2 Å². The van der Waals surface area contributed by atoms with Crippen LogP contribution in [0.2, 0.25) is 0 Å². The zero-order chi connectivity index (χ0) is 17.9. The second-order valence-corrected chi connectivity index (χ2v) is 6.47. The van der Waals surface area contributed by atoms with Crippen LogP contribution in [0.4, 0.5) is 0 Å². The van der Waals surface area contributed by atoms with E-state index in [-0.39, 0.29) is 36.2 Å². The normalized spacial score (nSPS) is 21.2. The van der Waals surface area contributed by atoms with Gasteiger partial charge >= 0.3 is 0 Å². The summed E-state index contributed by atoms with van der Waals surface area (Å²) in [7, 11) is 0. The number of hydrogen-bond donors (Lipinski definition) is 2. The molecule has 1 aliphatic heterocycles. The van der Waals surface area contributed by atoms with Gasteiger partial charge in [0.1, 0.15) is 11.5 Å². The molecule has 0 atom stereocenters. The second kappa shape index (κ2) is 7.11. The average Bonchev–Trinajstić information content (AvgIpc) is 3.11. The van der Waals surface area contributed by atoms with E-state index in [1.807, 2.05) is 18.2 Å². The predicted molar refractivity (Wildman–Crippen MR) is 92.6 cm³/mol. The molecule has 26 heavy (non-hydrogen) atoms. The quantitative estimate of drug-likeness (QED) is 0.875. The zero-order valence-electron chi connectivity index (χ0n) is 14.2. The highest BCUT2D eigenvalue weighted by atomic mass is 16.7. The fourth-order valence-electron chi connectivity index (χ4n) is 3.31. The van der Waals surface area contributed by atoms with Crippen LogP contribution in [0.15, 0.2) is 36.7 Å². The van der Waals surface area contributed by atoms with Crippen molar-refractivity contribution in [3.8, 4) is 23.0 Å². The molecule has 1 aromatic heterocycles. The molecule has 2 aromatic rings. The van der Waals surface area contributed by atoms with Gasteiger partial charge in [0.05, 0.1) is 17.9 Å². The van der Waals surface area contributed by atoms with Crippen LogP contribution in [0.3, 0.4) is 0 Å². The lowest BCUT2D eigenvalue weighted by Crippen LogP contribution is -2.39. The van der Waals surface area contributed by atoms with Gasteiger partial charge in [0, 0.05) is 18.3 Å². The molecule has 1 aliphatic carbocycles. The molecule has 1 fully saturated rings. The van der Waals surface area contributed by atoms with Crippen LogP contribution in [-0.4, -0.2) is 34.9 Å². The van der Waals surface area contributed by atoms with Crippen molar-refractivity contribution < 1.29 is 24.1 Å². The van der Waals surface area contributed by atoms with Crippen LogP contribution < -0.4 is 19.5 Å². The van der Waals surface area contributed by atoms with E-state index in [1.54, 1.807) is 0 Å². The maximum Gasteiger partial charge on any atom is 0.255 e. The van der Waals surface area contributed by atoms with Gasteiger partial charge in [-0.3, -0.25) is 9.78 Å². The van der Waals surface area contributed by atoms with Crippen LogP contribution in [0.1, 0.15) is 36.0 Å². The SMILES string of the molecule is O=C(NC1CCC(Oc2ccc3c(c2)OCO3)CC1)c1ccncc1O. The van der Waals surface area contributed by atoms with Crippen molar-refractivity contribution in [1.82, 2.24) is 10.3 Å². The van der Waals surface area contributed by atoms with Gasteiger partial charge in [-0.2, -0.15) is 0 Å². The Labute approximate surface area is 150 Å². The molecule has 0 saturated heterocycles. The molecular formula is C19H20N2O5. The Hall–Kier alpha value is -2.96. The monoisotopic (exact) mass is 356 g/mol. The van der Waals surface area contributed by atoms with Gasteiger partial charge in [0.25, 0.3) is 5.91 Å². The third-order valence-corrected chi connectivity index (χ3v) is 4.70. The van der Waals surface area contributed by atoms with Gasteiger partial charge in [-0.25, -0.2) is 0 Å². The smallest absolute Gasteiger partial charge is 0.255 e. The summed E-state index contributed by atoms with van der Waals surface area (Å²) in [5.41, 5.74) is 0.249. The number of carbonyl (C=O) groups excluding carboxylic acids is 1. The number of amides is 1. The summed E-state index contributed by atoms with van der Waals surface area (Å²) in [5.74, 6) is 1.84. The van der Waals surface area contributed by atoms with E-state index in [0.29, 0.717) is 5.75 Å². The van der Waals surface area contributed by atoms with Crippen molar-refractivity contribution in [2.75, 3.05) is 6.79 Å². The van der Waals surface area contributed by atoms with E-state index in [9.17, 15) is 9.90 Å². The number of pyridine rings is 1. The summed E-state index contributed by atoms with van der Waals surface area (Å²) in [6, 6.07) is 7.17. The number of aromatic nitrogens is 1. The minimum absolute atomic E-state index is 0.0756. The second-order valence-electron chi connectivity index (χ2n) is 6.47. The Kier molecular flexibility index (Phi) is 4.51. The number of nitrogens with zero attached hydrogens (tertiary/aromatic N) is 1. The number of aromatic hydroxyl groups is 1. The molecule has 0 spiro atoms. The lowest BCUT2D eigenvalue weighted by Gasteiger charge is -2.29. The van der Waals surface area contributed by atoms with Gasteiger partial charge in [0.15, 0.2) is 11.5 Å². The number of carbonyl (C=O) groups is 1. The van der Waals surface area contributed by atoms with E-state index in [1.165, 1.54) is 18.5 Å². The zero-order valence-corrected chi connectivity index (χ0v) is 14.2. The molecule has 7 heteroatoms. The molecular weight excluding hydrogens is 336 g/mol. The Morgan fingerprint density at radius 3 is 2.77 bits per heavy atom. The third kappa shape index (κ3) is 3.51. The van der Waals surface area contributed by atoms with Crippen molar-refractivity contribution in [3.05, 3.63) is 42.2 Å². The third-order valence-electron chi connectivity index (χ3n) is 4.70. The number of hydrogen-bond acceptors (Lipinski definition) is 6. The van der Waals surface area contributed by atoms with Crippen LogP contribution in [-0.2, 0) is 0 Å². The Morgan fingerprint density at radius 2 is 1.96 bits per heavy atom.